The van der Waals surface area contributed by atoms with Gasteiger partial charge >= 0.3 is 0 Å². The molecular weight excluding hydrogens is 250 g/mol. The lowest BCUT2D eigenvalue weighted by atomic mass is 9.76. The largest absolute Gasteiger partial charge is 0.344 e. The Kier molecular flexibility index (Phi) is 4.76. The molecule has 1 aromatic heterocycles. The van der Waals surface area contributed by atoms with E-state index in [0.29, 0.717) is 12.5 Å². The Balaban J connectivity index is 1.91. The van der Waals surface area contributed by atoms with Crippen LogP contribution in [0.5, 0.6) is 0 Å². The number of amides is 1. The standard InChI is InChI=1S/C16H25N3O/c1-13-6-5-9-16(17,12-13)15(20)19(2)11-8-14-7-3-4-10-18-14/h3-4,7,10,13H,5-6,8-9,11-12,17H2,1-2H3. The highest BCUT2D eigenvalue weighted by Gasteiger charge is 2.39. The first-order valence-electron chi connectivity index (χ1n) is 7.45. The summed E-state index contributed by atoms with van der Waals surface area (Å²) in [4.78, 5) is 18.6. The quantitative estimate of drug-likeness (QED) is 0.914. The van der Waals surface area contributed by atoms with Crippen LogP contribution in [0.2, 0.25) is 0 Å². The first-order valence-corrected chi connectivity index (χ1v) is 7.45. The lowest BCUT2D eigenvalue weighted by molar-refractivity contribution is -0.137. The van der Waals surface area contributed by atoms with Crippen molar-refractivity contribution >= 4 is 5.91 Å². The lowest BCUT2D eigenvalue weighted by Gasteiger charge is -2.38. The molecule has 4 heteroatoms. The van der Waals surface area contributed by atoms with E-state index in [4.69, 9.17) is 5.73 Å². The van der Waals surface area contributed by atoms with Crippen LogP contribution in [0.25, 0.3) is 0 Å². The third kappa shape index (κ3) is 3.57. The van der Waals surface area contributed by atoms with Crippen LogP contribution in [0.1, 0.15) is 38.3 Å². The van der Waals surface area contributed by atoms with E-state index in [1.807, 2.05) is 25.2 Å². The second-order valence-corrected chi connectivity index (χ2v) is 6.16. The number of hydrogen-bond acceptors (Lipinski definition) is 3. The molecule has 1 saturated carbocycles. The number of carbonyl (C=O) groups excluding carboxylic acids is 1. The van der Waals surface area contributed by atoms with Gasteiger partial charge in [-0.2, -0.15) is 0 Å². The summed E-state index contributed by atoms with van der Waals surface area (Å²) >= 11 is 0. The molecule has 0 saturated heterocycles. The molecule has 1 aromatic rings. The Bertz CT molecular complexity index is 448. The van der Waals surface area contributed by atoms with Crippen LogP contribution in [-0.4, -0.2) is 34.9 Å². The zero-order valence-electron chi connectivity index (χ0n) is 12.5. The molecule has 1 aliphatic rings. The number of pyridine rings is 1. The summed E-state index contributed by atoms with van der Waals surface area (Å²) in [7, 11) is 1.85. The van der Waals surface area contributed by atoms with Crippen molar-refractivity contribution in [2.24, 2.45) is 11.7 Å². The van der Waals surface area contributed by atoms with Gasteiger partial charge in [0.2, 0.25) is 5.91 Å². The maximum absolute atomic E-state index is 12.6. The summed E-state index contributed by atoms with van der Waals surface area (Å²) < 4.78 is 0. The summed E-state index contributed by atoms with van der Waals surface area (Å²) in [6.45, 7) is 2.85. The molecule has 2 unspecified atom stereocenters. The molecule has 2 atom stereocenters. The van der Waals surface area contributed by atoms with Crippen molar-refractivity contribution in [3.63, 3.8) is 0 Å². The van der Waals surface area contributed by atoms with Gasteiger partial charge < -0.3 is 10.6 Å². The number of carbonyl (C=O) groups is 1. The van der Waals surface area contributed by atoms with Gasteiger partial charge in [-0.1, -0.05) is 25.8 Å². The van der Waals surface area contributed by atoms with Gasteiger partial charge in [-0.15, -0.1) is 0 Å². The van der Waals surface area contributed by atoms with Gasteiger partial charge in [0.25, 0.3) is 0 Å². The van der Waals surface area contributed by atoms with E-state index in [1.165, 1.54) is 6.42 Å². The van der Waals surface area contributed by atoms with Gasteiger partial charge in [-0.3, -0.25) is 9.78 Å². The van der Waals surface area contributed by atoms with Gasteiger partial charge in [-0.05, 0) is 30.9 Å². The monoisotopic (exact) mass is 275 g/mol. The summed E-state index contributed by atoms with van der Waals surface area (Å²) in [6, 6.07) is 5.85. The predicted molar refractivity (Wildman–Crippen MR) is 80.1 cm³/mol. The van der Waals surface area contributed by atoms with Crippen molar-refractivity contribution in [3.05, 3.63) is 30.1 Å². The first kappa shape index (κ1) is 15.0. The minimum absolute atomic E-state index is 0.0833. The molecule has 0 spiro atoms. The highest BCUT2D eigenvalue weighted by atomic mass is 16.2. The second-order valence-electron chi connectivity index (χ2n) is 6.16. The number of nitrogens with zero attached hydrogens (tertiary/aromatic N) is 2. The van der Waals surface area contributed by atoms with Crippen LogP contribution >= 0.6 is 0 Å². The van der Waals surface area contributed by atoms with Crippen LogP contribution in [-0.2, 0) is 11.2 Å². The van der Waals surface area contributed by atoms with Crippen LogP contribution < -0.4 is 5.73 Å². The topological polar surface area (TPSA) is 59.2 Å². The van der Waals surface area contributed by atoms with Crippen molar-refractivity contribution in [2.75, 3.05) is 13.6 Å². The highest BCUT2D eigenvalue weighted by molar-refractivity contribution is 5.86. The van der Waals surface area contributed by atoms with Crippen molar-refractivity contribution in [3.8, 4) is 0 Å². The normalized spacial score (nSPS) is 26.2. The van der Waals surface area contributed by atoms with Crippen molar-refractivity contribution in [1.82, 2.24) is 9.88 Å². The van der Waals surface area contributed by atoms with Gasteiger partial charge in [0, 0.05) is 31.9 Å². The highest BCUT2D eigenvalue weighted by Crippen LogP contribution is 2.31. The van der Waals surface area contributed by atoms with Crippen LogP contribution in [0.3, 0.4) is 0 Å². The SMILES string of the molecule is CC1CCCC(N)(C(=O)N(C)CCc2ccccn2)C1. The van der Waals surface area contributed by atoms with E-state index in [-0.39, 0.29) is 5.91 Å². The molecule has 20 heavy (non-hydrogen) atoms. The summed E-state index contributed by atoms with van der Waals surface area (Å²) in [5.74, 6) is 0.627. The van der Waals surface area contributed by atoms with E-state index in [0.717, 1.165) is 31.4 Å². The molecule has 0 aromatic carbocycles. The Morgan fingerprint density at radius 2 is 2.35 bits per heavy atom. The zero-order valence-corrected chi connectivity index (χ0v) is 12.5. The van der Waals surface area contributed by atoms with Gasteiger partial charge in [0.05, 0.1) is 5.54 Å². The van der Waals surface area contributed by atoms with Crippen LogP contribution in [0.15, 0.2) is 24.4 Å². The van der Waals surface area contributed by atoms with Crippen molar-refractivity contribution < 1.29 is 4.79 Å². The van der Waals surface area contributed by atoms with Gasteiger partial charge in [0.1, 0.15) is 0 Å². The Morgan fingerprint density at radius 3 is 3.00 bits per heavy atom. The van der Waals surface area contributed by atoms with Crippen molar-refractivity contribution in [2.45, 2.75) is 44.6 Å². The summed E-state index contributed by atoms with van der Waals surface area (Å²) in [5.41, 5.74) is 6.71. The summed E-state index contributed by atoms with van der Waals surface area (Å²) in [6.07, 6.45) is 6.41. The number of hydrogen-bond donors (Lipinski definition) is 1. The fourth-order valence-corrected chi connectivity index (χ4v) is 3.10. The van der Waals surface area contributed by atoms with Crippen molar-refractivity contribution in [1.29, 1.82) is 0 Å². The average molecular weight is 275 g/mol. The van der Waals surface area contributed by atoms with E-state index in [1.54, 1.807) is 11.1 Å². The molecule has 0 aliphatic heterocycles. The van der Waals surface area contributed by atoms with E-state index in [2.05, 4.69) is 11.9 Å². The van der Waals surface area contributed by atoms with E-state index >= 15 is 0 Å². The number of aromatic nitrogens is 1. The molecule has 0 radical (unpaired) electrons. The number of rotatable bonds is 4. The third-order valence-corrected chi connectivity index (χ3v) is 4.23. The molecule has 1 amide bonds. The molecular formula is C16H25N3O. The average Bonchev–Trinajstić information content (AvgIpc) is 2.45. The van der Waals surface area contributed by atoms with Gasteiger partial charge in [-0.25, -0.2) is 0 Å². The third-order valence-electron chi connectivity index (χ3n) is 4.23. The molecule has 1 fully saturated rings. The summed E-state index contributed by atoms with van der Waals surface area (Å²) in [5, 5.41) is 0. The second kappa shape index (κ2) is 6.35. The lowest BCUT2D eigenvalue weighted by Crippen LogP contribution is -2.56. The molecule has 2 rings (SSSR count). The molecule has 110 valence electrons. The molecule has 2 N–H and O–H groups in total. The minimum atomic E-state index is -0.656. The Labute approximate surface area is 121 Å². The Hall–Kier alpha value is -1.42. The van der Waals surface area contributed by atoms with Crippen LogP contribution in [0, 0.1) is 5.92 Å². The number of nitrogens with two attached hydrogens (primary N) is 1. The van der Waals surface area contributed by atoms with Gasteiger partial charge in [0.15, 0.2) is 0 Å². The smallest absolute Gasteiger partial charge is 0.242 e. The Morgan fingerprint density at radius 1 is 1.55 bits per heavy atom. The molecule has 1 heterocycles. The van der Waals surface area contributed by atoms with E-state index in [9.17, 15) is 4.79 Å². The minimum Gasteiger partial charge on any atom is -0.344 e. The van der Waals surface area contributed by atoms with Crippen LogP contribution in [0.4, 0.5) is 0 Å². The first-order chi connectivity index (χ1) is 9.51. The fourth-order valence-electron chi connectivity index (χ4n) is 3.10. The molecule has 0 bridgehead atoms. The maximum atomic E-state index is 12.6. The van der Waals surface area contributed by atoms with E-state index < -0.39 is 5.54 Å². The maximum Gasteiger partial charge on any atom is 0.242 e. The number of likely N-dealkylation sites (N-methyl/N-ethyl adjacent to an activating group) is 1. The predicted octanol–water partition coefficient (Wildman–Crippen LogP) is 1.99. The fraction of sp³-hybridized carbons (Fsp3) is 0.625. The zero-order chi connectivity index (χ0) is 14.6. The molecule has 1 aliphatic carbocycles. The molecule has 4 nitrogen and oxygen atoms in total.